The van der Waals surface area contributed by atoms with E-state index in [4.69, 9.17) is 13.7 Å². The molecule has 2 atom stereocenters. The molecule has 2 aliphatic rings. The second-order valence-corrected chi connectivity index (χ2v) is 12.2. The van der Waals surface area contributed by atoms with Crippen LogP contribution in [0.15, 0.2) is 45.3 Å². The maximum Gasteiger partial charge on any atom is 0.407 e. The molecule has 4 heterocycles. The van der Waals surface area contributed by atoms with Crippen molar-refractivity contribution in [3.05, 3.63) is 65.1 Å². The van der Waals surface area contributed by atoms with Gasteiger partial charge in [0.05, 0.1) is 16.8 Å². The number of nitriles is 1. The number of aryl methyl sites for hydroxylation is 1. The summed E-state index contributed by atoms with van der Waals surface area (Å²) >= 11 is 0. The van der Waals surface area contributed by atoms with Crippen molar-refractivity contribution in [3.8, 4) is 28.5 Å². The minimum atomic E-state index is -0.751. The molecule has 1 N–H and O–H groups in total. The lowest BCUT2D eigenvalue weighted by molar-refractivity contribution is 0.0407. The molecular formula is C32H30F2N4O5. The molecular weight excluding hydrogens is 558 g/mol. The molecule has 2 aromatic heterocycles. The van der Waals surface area contributed by atoms with E-state index >= 15 is 4.39 Å². The first-order valence-corrected chi connectivity index (χ1v) is 14.1. The fourth-order valence-electron chi connectivity index (χ4n) is 6.16. The summed E-state index contributed by atoms with van der Waals surface area (Å²) in [5, 5.41) is 16.5. The van der Waals surface area contributed by atoms with Crippen molar-refractivity contribution in [1.29, 1.82) is 5.26 Å². The van der Waals surface area contributed by atoms with Crippen molar-refractivity contribution < 1.29 is 32.0 Å². The Labute approximate surface area is 246 Å². The summed E-state index contributed by atoms with van der Waals surface area (Å²) in [5.74, 6) is -1.76. The van der Waals surface area contributed by atoms with E-state index in [1.165, 1.54) is 30.3 Å². The molecule has 0 aliphatic carbocycles. The summed E-state index contributed by atoms with van der Waals surface area (Å²) in [6.45, 7) is 7.09. The third kappa shape index (κ3) is 5.33. The van der Waals surface area contributed by atoms with Gasteiger partial charge >= 0.3 is 6.09 Å². The number of amides is 2. The molecule has 0 saturated carbocycles. The number of piperidine rings is 1. The van der Waals surface area contributed by atoms with Crippen LogP contribution in [0.25, 0.3) is 33.4 Å². The Morgan fingerprint density at radius 1 is 1.07 bits per heavy atom. The highest BCUT2D eigenvalue weighted by molar-refractivity contribution is 5.97. The van der Waals surface area contributed by atoms with Crippen molar-refractivity contribution in [2.75, 3.05) is 0 Å². The number of hydrogen-bond acceptors (Lipinski definition) is 7. The number of ether oxygens (including phenoxy) is 1. The molecule has 2 aliphatic heterocycles. The Morgan fingerprint density at radius 3 is 2.44 bits per heavy atom. The van der Waals surface area contributed by atoms with E-state index < -0.39 is 23.3 Å². The summed E-state index contributed by atoms with van der Waals surface area (Å²) in [5.41, 5.74) is 0.696. The zero-order chi connectivity index (χ0) is 30.6. The van der Waals surface area contributed by atoms with Gasteiger partial charge in [0.2, 0.25) is 0 Å². The first-order chi connectivity index (χ1) is 20.4. The van der Waals surface area contributed by atoms with E-state index in [1.54, 1.807) is 38.7 Å². The van der Waals surface area contributed by atoms with Crippen LogP contribution in [0.1, 0.15) is 68.3 Å². The lowest BCUT2D eigenvalue weighted by Crippen LogP contribution is -2.52. The maximum atomic E-state index is 15.5. The monoisotopic (exact) mass is 588 g/mol. The van der Waals surface area contributed by atoms with E-state index in [-0.39, 0.29) is 52.2 Å². The molecule has 9 nitrogen and oxygen atoms in total. The number of carbonyl (C=O) groups excluding carboxylic acids is 2. The molecule has 2 fully saturated rings. The average Bonchev–Trinajstić information content (AvgIpc) is 3.61. The molecule has 2 saturated heterocycles. The minimum Gasteiger partial charge on any atom is -0.450 e. The fraction of sp³-hybridized carbons (Fsp3) is 0.375. The largest absolute Gasteiger partial charge is 0.450 e. The summed E-state index contributed by atoms with van der Waals surface area (Å²) < 4.78 is 47.1. The van der Waals surface area contributed by atoms with E-state index in [9.17, 15) is 19.2 Å². The highest BCUT2D eigenvalue weighted by Gasteiger charge is 2.45. The van der Waals surface area contributed by atoms with Gasteiger partial charge < -0.3 is 23.9 Å². The normalized spacial score (nSPS) is 19.8. The number of carbonyl (C=O) groups is 2. The van der Waals surface area contributed by atoms with Crippen molar-refractivity contribution >= 4 is 23.0 Å². The molecule has 2 bridgehead atoms. The Morgan fingerprint density at radius 2 is 1.79 bits per heavy atom. The minimum absolute atomic E-state index is 0.0192. The van der Waals surface area contributed by atoms with Gasteiger partial charge in [0.1, 0.15) is 29.1 Å². The van der Waals surface area contributed by atoms with Crippen LogP contribution < -0.4 is 5.32 Å². The van der Waals surface area contributed by atoms with Crippen molar-refractivity contribution in [3.63, 3.8) is 0 Å². The van der Waals surface area contributed by atoms with Gasteiger partial charge in [0.15, 0.2) is 11.3 Å². The number of alkyl carbamates (subject to hydrolysis) is 1. The third-order valence-electron chi connectivity index (χ3n) is 8.02. The molecule has 2 amide bonds. The zero-order valence-electron chi connectivity index (χ0n) is 24.2. The quantitative estimate of drug-likeness (QED) is 0.276. The molecule has 0 spiro atoms. The van der Waals surface area contributed by atoms with Gasteiger partial charge in [0.25, 0.3) is 5.91 Å². The first-order valence-electron chi connectivity index (χ1n) is 14.1. The Hall–Kier alpha value is -4.72. The van der Waals surface area contributed by atoms with Crippen molar-refractivity contribution in [1.82, 2.24) is 15.4 Å². The van der Waals surface area contributed by atoms with Gasteiger partial charge in [-0.1, -0.05) is 11.2 Å². The Bertz CT molecular complexity index is 1780. The van der Waals surface area contributed by atoms with Crippen LogP contribution >= 0.6 is 0 Å². The van der Waals surface area contributed by atoms with E-state index in [0.717, 1.165) is 18.9 Å². The predicted molar refractivity (Wildman–Crippen MR) is 152 cm³/mol. The number of nitrogens with one attached hydrogen (secondary N) is 1. The Balaban J connectivity index is 1.35. The fourth-order valence-corrected chi connectivity index (χ4v) is 6.16. The number of furan rings is 1. The average molecular weight is 589 g/mol. The van der Waals surface area contributed by atoms with Gasteiger partial charge in [0, 0.05) is 29.1 Å². The lowest BCUT2D eigenvalue weighted by atomic mass is 9.96. The number of benzene rings is 2. The van der Waals surface area contributed by atoms with Crippen LogP contribution in [0.3, 0.4) is 0 Å². The summed E-state index contributed by atoms with van der Waals surface area (Å²) in [7, 11) is 0. The van der Waals surface area contributed by atoms with Gasteiger partial charge in [-0.2, -0.15) is 5.26 Å². The highest BCUT2D eigenvalue weighted by atomic mass is 19.1. The molecule has 2 unspecified atom stereocenters. The smallest absolute Gasteiger partial charge is 0.407 e. The number of fused-ring (bicyclic) bond motifs is 3. The number of hydrogen-bond donors (Lipinski definition) is 1. The van der Waals surface area contributed by atoms with Crippen LogP contribution in [0.2, 0.25) is 0 Å². The third-order valence-corrected chi connectivity index (χ3v) is 8.02. The van der Waals surface area contributed by atoms with Gasteiger partial charge in [-0.25, -0.2) is 13.6 Å². The van der Waals surface area contributed by atoms with Crippen LogP contribution in [0.4, 0.5) is 13.6 Å². The van der Waals surface area contributed by atoms with Gasteiger partial charge in [-0.3, -0.25) is 4.79 Å². The van der Waals surface area contributed by atoms with E-state index in [1.807, 2.05) is 0 Å². The van der Waals surface area contributed by atoms with Crippen LogP contribution in [0.5, 0.6) is 0 Å². The van der Waals surface area contributed by atoms with Crippen molar-refractivity contribution in [2.45, 2.75) is 77.1 Å². The SMILES string of the molecule is Cc1noc2cc(-c3oc(C(=O)N4C5CCC4CC(NC(=O)OC(C)(C)C)C5)cc3-c3ccc(C#N)c(F)c3)c(F)cc12. The number of halogens is 2. The first kappa shape index (κ1) is 28.4. The maximum absolute atomic E-state index is 15.5. The Kier molecular flexibility index (Phi) is 6.95. The second kappa shape index (κ2) is 10.5. The van der Waals surface area contributed by atoms with Crippen LogP contribution in [-0.4, -0.2) is 45.8 Å². The van der Waals surface area contributed by atoms with Crippen LogP contribution in [-0.2, 0) is 4.74 Å². The molecule has 2 aromatic carbocycles. The van der Waals surface area contributed by atoms with Gasteiger partial charge in [-0.05, 0) is 89.3 Å². The van der Waals surface area contributed by atoms with Crippen LogP contribution in [0, 0.1) is 29.9 Å². The summed E-state index contributed by atoms with van der Waals surface area (Å²) in [6.07, 6.45) is 2.14. The van der Waals surface area contributed by atoms with Crippen molar-refractivity contribution in [2.24, 2.45) is 0 Å². The predicted octanol–water partition coefficient (Wildman–Crippen LogP) is 6.87. The standard InChI is InChI=1S/C32H30F2N4O5/c1-16-22-12-26(34)24(14-27(22)43-37-16)29-23(17-5-6-18(15-35)25(33)9-17)13-28(41-29)30(39)38-20-7-8-21(38)11-19(10-20)36-31(40)42-32(2,3)4/h5-6,9,12-14,19-21H,7-8,10-11H2,1-4H3,(H,36,40). The molecule has 222 valence electrons. The van der Waals surface area contributed by atoms with Gasteiger partial charge in [-0.15, -0.1) is 0 Å². The second-order valence-electron chi connectivity index (χ2n) is 12.2. The summed E-state index contributed by atoms with van der Waals surface area (Å²) in [6, 6.07) is 9.59. The molecule has 6 rings (SSSR count). The van der Waals surface area contributed by atoms with E-state index in [0.29, 0.717) is 35.1 Å². The number of rotatable bonds is 4. The summed E-state index contributed by atoms with van der Waals surface area (Å²) in [4.78, 5) is 28.1. The molecule has 11 heteroatoms. The molecule has 43 heavy (non-hydrogen) atoms. The number of nitrogens with zero attached hydrogens (tertiary/aromatic N) is 3. The highest BCUT2D eigenvalue weighted by Crippen LogP contribution is 2.42. The number of aromatic nitrogens is 1. The zero-order valence-corrected chi connectivity index (χ0v) is 24.2. The molecule has 4 aromatic rings. The topological polar surface area (TPSA) is 122 Å². The lowest BCUT2D eigenvalue weighted by Gasteiger charge is -2.38. The van der Waals surface area contributed by atoms with E-state index in [2.05, 4.69) is 10.5 Å². The molecule has 0 radical (unpaired) electrons.